The molecule has 0 atom stereocenters. The zero-order valence-electron chi connectivity index (χ0n) is 15.0. The summed E-state index contributed by atoms with van der Waals surface area (Å²) in [5, 5.41) is 1.39. The van der Waals surface area contributed by atoms with Gasteiger partial charge < -0.3 is 14.4 Å². The van der Waals surface area contributed by atoms with E-state index in [9.17, 15) is 13.2 Å². The Morgan fingerprint density at radius 1 is 1.29 bits per heavy atom. The molecule has 152 valence electrons. The van der Waals surface area contributed by atoms with Crippen LogP contribution in [0.15, 0.2) is 24.1 Å². The number of hydrogen-bond acceptors (Lipinski definition) is 5. The molecule has 1 saturated heterocycles. The number of piperidine rings is 1. The molecule has 1 fully saturated rings. The third-order valence-electron chi connectivity index (χ3n) is 4.05. The Morgan fingerprint density at radius 3 is 2.46 bits per heavy atom. The SMILES string of the molecule is C#CCOc1cc(OCC(=O)N2CCC(NS(=O)(=O)C=C)CC2)c(Cl)cc1Cl. The van der Waals surface area contributed by atoms with E-state index in [1.54, 1.807) is 4.90 Å². The van der Waals surface area contributed by atoms with Crippen molar-refractivity contribution >= 4 is 39.1 Å². The number of nitrogens with one attached hydrogen (secondary N) is 1. The van der Waals surface area contributed by atoms with Crippen LogP contribution in [0.1, 0.15) is 12.8 Å². The summed E-state index contributed by atoms with van der Waals surface area (Å²) in [6.07, 6.45) is 6.17. The molecular weight excluding hydrogens is 427 g/mol. The normalized spacial score (nSPS) is 15.0. The number of carbonyl (C=O) groups is 1. The van der Waals surface area contributed by atoms with Crippen molar-refractivity contribution in [3.8, 4) is 23.8 Å². The van der Waals surface area contributed by atoms with Crippen LogP contribution in [0, 0.1) is 12.3 Å². The monoisotopic (exact) mass is 446 g/mol. The van der Waals surface area contributed by atoms with Crippen LogP contribution >= 0.6 is 23.2 Å². The number of hydrogen-bond donors (Lipinski definition) is 1. The summed E-state index contributed by atoms with van der Waals surface area (Å²) in [7, 11) is -3.49. The summed E-state index contributed by atoms with van der Waals surface area (Å²) in [5.41, 5.74) is 0. The number of carbonyl (C=O) groups excluding carboxylic acids is 1. The minimum Gasteiger partial charge on any atom is -0.482 e. The van der Waals surface area contributed by atoms with Crippen molar-refractivity contribution in [2.45, 2.75) is 18.9 Å². The second-order valence-electron chi connectivity index (χ2n) is 5.98. The first-order valence-corrected chi connectivity index (χ1v) is 10.7. The lowest BCUT2D eigenvalue weighted by Gasteiger charge is -2.32. The van der Waals surface area contributed by atoms with Crippen LogP contribution in [0.2, 0.25) is 10.0 Å². The number of terminal acetylenes is 1. The first-order chi connectivity index (χ1) is 13.3. The average Bonchev–Trinajstić information content (AvgIpc) is 2.66. The Balaban J connectivity index is 1.89. The van der Waals surface area contributed by atoms with Crippen LogP contribution in [-0.2, 0) is 14.8 Å². The number of nitrogens with zero attached hydrogens (tertiary/aromatic N) is 1. The zero-order chi connectivity index (χ0) is 20.7. The molecule has 1 aliphatic heterocycles. The second-order valence-corrected chi connectivity index (χ2v) is 8.45. The summed E-state index contributed by atoms with van der Waals surface area (Å²) in [6, 6.07) is 2.70. The highest BCUT2D eigenvalue weighted by Crippen LogP contribution is 2.35. The van der Waals surface area contributed by atoms with Gasteiger partial charge in [0.25, 0.3) is 5.91 Å². The van der Waals surface area contributed by atoms with E-state index in [-0.39, 0.29) is 41.0 Å². The smallest absolute Gasteiger partial charge is 0.260 e. The lowest BCUT2D eigenvalue weighted by molar-refractivity contribution is -0.134. The Hall–Kier alpha value is -1.92. The van der Waals surface area contributed by atoms with Gasteiger partial charge >= 0.3 is 0 Å². The van der Waals surface area contributed by atoms with E-state index in [4.69, 9.17) is 39.1 Å². The van der Waals surface area contributed by atoms with Gasteiger partial charge in [-0.15, -0.1) is 6.42 Å². The Morgan fingerprint density at radius 2 is 1.89 bits per heavy atom. The lowest BCUT2D eigenvalue weighted by Crippen LogP contribution is -2.47. The van der Waals surface area contributed by atoms with Crippen LogP contribution in [0.25, 0.3) is 0 Å². The molecule has 1 amide bonds. The molecule has 10 heteroatoms. The number of amides is 1. The number of benzene rings is 1. The molecule has 0 unspecified atom stereocenters. The number of rotatable bonds is 8. The van der Waals surface area contributed by atoms with Crippen molar-refractivity contribution < 1.29 is 22.7 Å². The molecule has 0 aliphatic carbocycles. The van der Waals surface area contributed by atoms with Crippen LogP contribution in [0.5, 0.6) is 11.5 Å². The summed E-state index contributed by atoms with van der Waals surface area (Å²) in [5.74, 6) is 2.65. The number of sulfonamides is 1. The van der Waals surface area contributed by atoms with Gasteiger partial charge in [-0.2, -0.15) is 0 Å². The number of likely N-dealkylation sites (tertiary alicyclic amines) is 1. The standard InChI is InChI=1S/C18H20Cl2N2O5S/c1-3-9-26-16-11-17(15(20)10-14(16)19)27-12-18(23)22-7-5-13(6-8-22)21-28(24,25)4-2/h1,4,10-11,13,21H,2,5-9,12H2. The van der Waals surface area contributed by atoms with Crippen LogP contribution < -0.4 is 14.2 Å². The molecule has 0 spiro atoms. The maximum atomic E-state index is 12.4. The van der Waals surface area contributed by atoms with E-state index in [0.29, 0.717) is 31.7 Å². The lowest BCUT2D eigenvalue weighted by atomic mass is 10.1. The predicted octanol–water partition coefficient (Wildman–Crippen LogP) is 2.44. The van der Waals surface area contributed by atoms with E-state index in [1.807, 2.05) is 0 Å². The molecule has 0 saturated carbocycles. The van der Waals surface area contributed by atoms with Crippen molar-refractivity contribution in [2.24, 2.45) is 0 Å². The highest BCUT2D eigenvalue weighted by atomic mass is 35.5. The van der Waals surface area contributed by atoms with Crippen LogP contribution in [0.3, 0.4) is 0 Å². The van der Waals surface area contributed by atoms with Crippen molar-refractivity contribution in [1.29, 1.82) is 0 Å². The fraction of sp³-hybridized carbons (Fsp3) is 0.389. The highest BCUT2D eigenvalue weighted by Gasteiger charge is 2.25. The van der Waals surface area contributed by atoms with Gasteiger partial charge in [-0.25, -0.2) is 13.1 Å². The Bertz CT molecular complexity index is 875. The highest BCUT2D eigenvalue weighted by molar-refractivity contribution is 7.92. The summed E-state index contributed by atoms with van der Waals surface area (Å²) < 4.78 is 36.4. The average molecular weight is 447 g/mol. The van der Waals surface area contributed by atoms with Crippen LogP contribution in [-0.4, -0.2) is 51.6 Å². The van der Waals surface area contributed by atoms with Gasteiger partial charge in [-0.05, 0) is 18.9 Å². The zero-order valence-corrected chi connectivity index (χ0v) is 17.3. The van der Waals surface area contributed by atoms with Gasteiger partial charge in [-0.1, -0.05) is 35.7 Å². The molecule has 1 aromatic carbocycles. The van der Waals surface area contributed by atoms with Gasteiger partial charge in [0, 0.05) is 30.6 Å². The van der Waals surface area contributed by atoms with Crippen molar-refractivity contribution in [3.05, 3.63) is 34.2 Å². The largest absolute Gasteiger partial charge is 0.482 e. The predicted molar refractivity (Wildman–Crippen MR) is 108 cm³/mol. The number of halogens is 2. The molecule has 0 radical (unpaired) electrons. The Kier molecular flexibility index (Phi) is 8.01. The quantitative estimate of drug-likeness (QED) is 0.619. The van der Waals surface area contributed by atoms with Crippen LogP contribution in [0.4, 0.5) is 0 Å². The van der Waals surface area contributed by atoms with Gasteiger partial charge in [0.15, 0.2) is 6.61 Å². The topological polar surface area (TPSA) is 84.9 Å². The van der Waals surface area contributed by atoms with E-state index in [0.717, 1.165) is 5.41 Å². The Labute approximate surface area is 174 Å². The molecule has 0 bridgehead atoms. The molecule has 1 heterocycles. The third-order valence-corrected chi connectivity index (χ3v) is 5.74. The van der Waals surface area contributed by atoms with Gasteiger partial charge in [-0.3, -0.25) is 4.79 Å². The molecule has 28 heavy (non-hydrogen) atoms. The second kappa shape index (κ2) is 10.0. The first-order valence-electron chi connectivity index (χ1n) is 8.36. The molecule has 1 aliphatic rings. The molecule has 2 rings (SSSR count). The fourth-order valence-electron chi connectivity index (χ4n) is 2.61. The first kappa shape index (κ1) is 22.4. The summed E-state index contributed by atoms with van der Waals surface area (Å²) >= 11 is 12.1. The molecule has 1 N–H and O–H groups in total. The minimum atomic E-state index is -3.49. The molecular formula is C18H20Cl2N2O5S. The fourth-order valence-corrected chi connectivity index (χ4v) is 3.90. The maximum absolute atomic E-state index is 12.4. The molecule has 0 aromatic heterocycles. The third kappa shape index (κ3) is 6.31. The van der Waals surface area contributed by atoms with Crippen molar-refractivity contribution in [3.63, 3.8) is 0 Å². The van der Waals surface area contributed by atoms with Crippen molar-refractivity contribution in [2.75, 3.05) is 26.3 Å². The van der Waals surface area contributed by atoms with E-state index < -0.39 is 10.0 Å². The van der Waals surface area contributed by atoms with Crippen molar-refractivity contribution in [1.82, 2.24) is 9.62 Å². The molecule has 7 nitrogen and oxygen atoms in total. The van der Waals surface area contributed by atoms with E-state index in [2.05, 4.69) is 17.2 Å². The summed E-state index contributed by atoms with van der Waals surface area (Å²) in [4.78, 5) is 14.0. The molecule has 1 aromatic rings. The van der Waals surface area contributed by atoms with Gasteiger partial charge in [0.1, 0.15) is 18.1 Å². The van der Waals surface area contributed by atoms with E-state index in [1.165, 1.54) is 12.1 Å². The van der Waals surface area contributed by atoms with E-state index >= 15 is 0 Å². The van der Waals surface area contributed by atoms with Gasteiger partial charge in [0.2, 0.25) is 10.0 Å². The maximum Gasteiger partial charge on any atom is 0.260 e. The minimum absolute atomic E-state index is 0.0320. The van der Waals surface area contributed by atoms with Gasteiger partial charge in [0.05, 0.1) is 10.0 Å². The number of ether oxygens (including phenoxy) is 2. The summed E-state index contributed by atoms with van der Waals surface area (Å²) in [6.45, 7) is 3.90.